The molecule has 1 amide bonds. The van der Waals surface area contributed by atoms with Gasteiger partial charge in [-0.05, 0) is 43.7 Å². The molecular weight excluding hydrogens is 262 g/mol. The average Bonchev–Trinajstić information content (AvgIpc) is 2.78. The number of nitrogens with zero attached hydrogens (tertiary/aromatic N) is 2. The second-order valence-electron chi connectivity index (χ2n) is 5.86. The summed E-state index contributed by atoms with van der Waals surface area (Å²) < 4.78 is 0. The summed E-state index contributed by atoms with van der Waals surface area (Å²) in [7, 11) is 0. The SMILES string of the molecule is CCCNc1ccc(C(=O)N2CCCC(CC)CC2)nc1. The number of nitrogens with one attached hydrogen (secondary N) is 1. The molecule has 1 saturated heterocycles. The molecule has 0 spiro atoms. The first-order valence-corrected chi connectivity index (χ1v) is 8.23. The Labute approximate surface area is 127 Å². The Balaban J connectivity index is 1.95. The van der Waals surface area contributed by atoms with Crippen molar-refractivity contribution in [2.45, 2.75) is 46.0 Å². The van der Waals surface area contributed by atoms with Crippen LogP contribution in [-0.4, -0.2) is 35.4 Å². The molecule has 0 aliphatic carbocycles. The van der Waals surface area contributed by atoms with E-state index >= 15 is 0 Å². The maximum Gasteiger partial charge on any atom is 0.272 e. The summed E-state index contributed by atoms with van der Waals surface area (Å²) in [5, 5.41) is 3.28. The molecule has 1 aliphatic rings. The molecule has 0 saturated carbocycles. The Bertz CT molecular complexity index is 444. The van der Waals surface area contributed by atoms with E-state index in [9.17, 15) is 4.79 Å². The highest BCUT2D eigenvalue weighted by Crippen LogP contribution is 2.21. The third-order valence-electron chi connectivity index (χ3n) is 4.27. The molecule has 2 rings (SSSR count). The van der Waals surface area contributed by atoms with Crippen molar-refractivity contribution in [2.75, 3.05) is 25.0 Å². The van der Waals surface area contributed by atoms with E-state index in [2.05, 4.69) is 24.1 Å². The molecule has 0 radical (unpaired) electrons. The van der Waals surface area contributed by atoms with Crippen LogP contribution in [0.1, 0.15) is 56.4 Å². The van der Waals surface area contributed by atoms with Crippen LogP contribution in [0.5, 0.6) is 0 Å². The summed E-state index contributed by atoms with van der Waals surface area (Å²) in [4.78, 5) is 18.8. The zero-order chi connectivity index (χ0) is 15.1. The van der Waals surface area contributed by atoms with Crippen LogP contribution in [0.25, 0.3) is 0 Å². The molecule has 2 heterocycles. The summed E-state index contributed by atoms with van der Waals surface area (Å²) in [6, 6.07) is 3.78. The van der Waals surface area contributed by atoms with Gasteiger partial charge in [0.05, 0.1) is 11.9 Å². The second kappa shape index (κ2) is 8.01. The lowest BCUT2D eigenvalue weighted by atomic mass is 9.98. The van der Waals surface area contributed by atoms with Crippen molar-refractivity contribution < 1.29 is 4.79 Å². The first-order valence-electron chi connectivity index (χ1n) is 8.23. The Morgan fingerprint density at radius 1 is 1.33 bits per heavy atom. The van der Waals surface area contributed by atoms with Gasteiger partial charge < -0.3 is 10.2 Å². The highest BCUT2D eigenvalue weighted by Gasteiger charge is 2.21. The van der Waals surface area contributed by atoms with Gasteiger partial charge in [0, 0.05) is 19.6 Å². The Hall–Kier alpha value is -1.58. The molecule has 1 fully saturated rings. The third kappa shape index (κ3) is 4.45. The summed E-state index contributed by atoms with van der Waals surface area (Å²) >= 11 is 0. The van der Waals surface area contributed by atoms with Crippen molar-refractivity contribution in [2.24, 2.45) is 5.92 Å². The molecule has 1 aromatic heterocycles. The fourth-order valence-corrected chi connectivity index (χ4v) is 2.83. The van der Waals surface area contributed by atoms with Gasteiger partial charge in [-0.25, -0.2) is 4.98 Å². The molecule has 4 heteroatoms. The van der Waals surface area contributed by atoms with Crippen LogP contribution in [0, 0.1) is 5.92 Å². The molecule has 1 atom stereocenters. The number of anilines is 1. The Morgan fingerprint density at radius 2 is 2.19 bits per heavy atom. The Kier molecular flexibility index (Phi) is 6.03. The number of carbonyl (C=O) groups is 1. The minimum absolute atomic E-state index is 0.0776. The number of aromatic nitrogens is 1. The van der Waals surface area contributed by atoms with Crippen molar-refractivity contribution in [3.05, 3.63) is 24.0 Å². The number of amides is 1. The van der Waals surface area contributed by atoms with E-state index in [4.69, 9.17) is 0 Å². The zero-order valence-corrected chi connectivity index (χ0v) is 13.3. The van der Waals surface area contributed by atoms with Crippen LogP contribution in [0.4, 0.5) is 5.69 Å². The van der Waals surface area contributed by atoms with Gasteiger partial charge in [-0.3, -0.25) is 4.79 Å². The molecule has 21 heavy (non-hydrogen) atoms. The minimum Gasteiger partial charge on any atom is -0.384 e. The third-order valence-corrected chi connectivity index (χ3v) is 4.27. The Morgan fingerprint density at radius 3 is 2.86 bits per heavy atom. The lowest BCUT2D eigenvalue weighted by molar-refractivity contribution is 0.0754. The van der Waals surface area contributed by atoms with Crippen LogP contribution in [0.2, 0.25) is 0 Å². The van der Waals surface area contributed by atoms with Gasteiger partial charge in [-0.1, -0.05) is 20.3 Å². The number of hydrogen-bond acceptors (Lipinski definition) is 3. The molecular formula is C17H27N3O. The normalized spacial score (nSPS) is 19.1. The first-order chi connectivity index (χ1) is 10.2. The van der Waals surface area contributed by atoms with Crippen LogP contribution >= 0.6 is 0 Å². The zero-order valence-electron chi connectivity index (χ0n) is 13.3. The quantitative estimate of drug-likeness (QED) is 0.901. The van der Waals surface area contributed by atoms with Gasteiger partial charge in [-0.2, -0.15) is 0 Å². The molecule has 4 nitrogen and oxygen atoms in total. The van der Waals surface area contributed by atoms with E-state index in [1.54, 1.807) is 6.20 Å². The van der Waals surface area contributed by atoms with Crippen LogP contribution in [0.15, 0.2) is 18.3 Å². The van der Waals surface area contributed by atoms with Crippen molar-refractivity contribution in [3.8, 4) is 0 Å². The molecule has 1 N–H and O–H groups in total. The summed E-state index contributed by atoms with van der Waals surface area (Å²) in [6.45, 7) is 7.04. The summed E-state index contributed by atoms with van der Waals surface area (Å²) in [5.74, 6) is 0.852. The molecule has 1 aliphatic heterocycles. The number of pyridine rings is 1. The monoisotopic (exact) mass is 289 g/mol. The van der Waals surface area contributed by atoms with Gasteiger partial charge >= 0.3 is 0 Å². The lowest BCUT2D eigenvalue weighted by Crippen LogP contribution is -2.32. The first kappa shape index (κ1) is 15.8. The fraction of sp³-hybridized carbons (Fsp3) is 0.647. The van der Waals surface area contributed by atoms with Crippen molar-refractivity contribution in [1.29, 1.82) is 0 Å². The van der Waals surface area contributed by atoms with E-state index in [-0.39, 0.29) is 5.91 Å². The molecule has 1 unspecified atom stereocenters. The number of rotatable bonds is 5. The lowest BCUT2D eigenvalue weighted by Gasteiger charge is -2.20. The summed E-state index contributed by atoms with van der Waals surface area (Å²) in [6.07, 6.45) is 7.53. The van der Waals surface area contributed by atoms with Gasteiger partial charge in [0.2, 0.25) is 0 Å². The van der Waals surface area contributed by atoms with Gasteiger partial charge in [0.25, 0.3) is 5.91 Å². The molecule has 0 aromatic carbocycles. The maximum atomic E-state index is 12.5. The molecule has 1 aromatic rings. The van der Waals surface area contributed by atoms with E-state index in [1.165, 1.54) is 12.8 Å². The number of carbonyl (C=O) groups excluding carboxylic acids is 1. The molecule has 116 valence electrons. The summed E-state index contributed by atoms with van der Waals surface area (Å²) in [5.41, 5.74) is 1.54. The smallest absolute Gasteiger partial charge is 0.272 e. The average molecular weight is 289 g/mol. The van der Waals surface area contributed by atoms with Crippen molar-refractivity contribution >= 4 is 11.6 Å². The predicted octanol–water partition coefficient (Wildman–Crippen LogP) is 3.56. The highest BCUT2D eigenvalue weighted by molar-refractivity contribution is 5.92. The minimum atomic E-state index is 0.0776. The van der Waals surface area contributed by atoms with Crippen molar-refractivity contribution in [3.63, 3.8) is 0 Å². The molecule has 0 bridgehead atoms. The van der Waals surface area contributed by atoms with E-state index in [0.29, 0.717) is 5.69 Å². The van der Waals surface area contributed by atoms with Crippen LogP contribution in [0.3, 0.4) is 0 Å². The van der Waals surface area contributed by atoms with Gasteiger partial charge in [-0.15, -0.1) is 0 Å². The number of hydrogen-bond donors (Lipinski definition) is 1. The second-order valence-corrected chi connectivity index (χ2v) is 5.86. The number of likely N-dealkylation sites (tertiary alicyclic amines) is 1. The van der Waals surface area contributed by atoms with Crippen LogP contribution < -0.4 is 5.32 Å². The largest absolute Gasteiger partial charge is 0.384 e. The standard InChI is InChI=1S/C17H27N3O/c1-3-10-18-15-7-8-16(19-13-15)17(21)20-11-5-6-14(4-2)9-12-20/h7-8,13-14,18H,3-6,9-12H2,1-2H3. The van der Waals surface area contributed by atoms with Crippen LogP contribution in [-0.2, 0) is 0 Å². The predicted molar refractivity (Wildman–Crippen MR) is 86.6 cm³/mol. The van der Waals surface area contributed by atoms with Crippen molar-refractivity contribution in [1.82, 2.24) is 9.88 Å². The maximum absolute atomic E-state index is 12.5. The highest BCUT2D eigenvalue weighted by atomic mass is 16.2. The van der Waals surface area contributed by atoms with E-state index < -0.39 is 0 Å². The fourth-order valence-electron chi connectivity index (χ4n) is 2.83. The van der Waals surface area contributed by atoms with Gasteiger partial charge in [0.15, 0.2) is 0 Å². The van der Waals surface area contributed by atoms with Gasteiger partial charge in [0.1, 0.15) is 5.69 Å². The van der Waals surface area contributed by atoms with E-state index in [0.717, 1.165) is 50.5 Å². The van der Waals surface area contributed by atoms with E-state index in [1.807, 2.05) is 17.0 Å². The topological polar surface area (TPSA) is 45.2 Å².